The van der Waals surface area contributed by atoms with Crippen LogP contribution in [0.2, 0.25) is 0 Å². The highest BCUT2D eigenvalue weighted by Gasteiger charge is 2.34. The minimum Gasteiger partial charge on any atom is -0.358 e. The summed E-state index contributed by atoms with van der Waals surface area (Å²) in [4.78, 5) is 26.1. The van der Waals surface area contributed by atoms with Crippen molar-refractivity contribution >= 4 is 48.5 Å². The number of rotatable bonds is 4. The molecule has 146 valence electrons. The molecular weight excluding hydrogens is 436 g/mol. The van der Waals surface area contributed by atoms with Gasteiger partial charge >= 0.3 is 0 Å². The number of carbonyl (C=O) groups excluding carboxylic acids is 2. The number of nitrogens with one attached hydrogen (secondary N) is 1. The van der Waals surface area contributed by atoms with Gasteiger partial charge in [-0.15, -0.1) is 0 Å². The zero-order chi connectivity index (χ0) is 19.8. The van der Waals surface area contributed by atoms with Gasteiger partial charge in [-0.1, -0.05) is 15.9 Å². The first-order valence-corrected chi connectivity index (χ1v) is 11.1. The summed E-state index contributed by atoms with van der Waals surface area (Å²) in [5.41, 5.74) is 1.21. The minimum absolute atomic E-state index is 0.163. The molecular formula is C17H21BrN4O4S. The maximum Gasteiger partial charge on any atom is 0.272 e. The van der Waals surface area contributed by atoms with E-state index in [1.807, 2.05) is 18.2 Å². The van der Waals surface area contributed by atoms with Crippen molar-refractivity contribution in [1.82, 2.24) is 20.0 Å². The van der Waals surface area contributed by atoms with Crippen molar-refractivity contribution in [3.63, 3.8) is 0 Å². The maximum absolute atomic E-state index is 13.0. The third-order valence-corrected chi connectivity index (χ3v) is 7.49. The van der Waals surface area contributed by atoms with E-state index in [0.29, 0.717) is 31.6 Å². The molecule has 3 rings (SSSR count). The Bertz CT molecular complexity index is 994. The van der Waals surface area contributed by atoms with Gasteiger partial charge < -0.3 is 10.2 Å². The molecule has 0 spiro atoms. The zero-order valence-corrected chi connectivity index (χ0v) is 17.5. The van der Waals surface area contributed by atoms with Gasteiger partial charge in [-0.3, -0.25) is 14.3 Å². The average Bonchev–Trinajstić information content (AvgIpc) is 2.95. The molecule has 2 amide bonds. The van der Waals surface area contributed by atoms with Gasteiger partial charge in [0.1, 0.15) is 11.4 Å². The highest BCUT2D eigenvalue weighted by Crippen LogP contribution is 2.25. The molecule has 0 bridgehead atoms. The van der Waals surface area contributed by atoms with Crippen LogP contribution in [0.4, 0.5) is 0 Å². The van der Waals surface area contributed by atoms with Gasteiger partial charge in [0.15, 0.2) is 9.84 Å². The molecule has 0 atom stereocenters. The number of nitrogens with zero attached hydrogens (tertiary/aromatic N) is 3. The van der Waals surface area contributed by atoms with Gasteiger partial charge in [-0.25, -0.2) is 8.42 Å². The van der Waals surface area contributed by atoms with Crippen molar-refractivity contribution in [2.75, 3.05) is 25.9 Å². The summed E-state index contributed by atoms with van der Waals surface area (Å²) >= 11 is 3.40. The molecule has 1 aliphatic rings. The molecule has 27 heavy (non-hydrogen) atoms. The van der Waals surface area contributed by atoms with Gasteiger partial charge in [-0.05, 0) is 31.0 Å². The Hall–Kier alpha value is -1.94. The molecule has 2 aromatic rings. The zero-order valence-electron chi connectivity index (χ0n) is 15.1. The van der Waals surface area contributed by atoms with Crippen LogP contribution in [0.15, 0.2) is 22.7 Å². The first-order valence-electron chi connectivity index (χ1n) is 8.56. The smallest absolute Gasteiger partial charge is 0.272 e. The molecule has 1 saturated heterocycles. The standard InChI is InChI=1S/C17H21BrN4O4S/c1-19-15(23)10-27(25,26)12-5-7-22(8-6-12)17(24)16-13-4-3-11(18)9-14(13)20-21(16)2/h3-4,9,12H,5-8,10H2,1-2H3,(H,19,23). The third kappa shape index (κ3) is 4.01. The number of benzene rings is 1. The lowest BCUT2D eigenvalue weighted by Crippen LogP contribution is -2.44. The highest BCUT2D eigenvalue weighted by atomic mass is 79.9. The SMILES string of the molecule is CNC(=O)CS(=O)(=O)C1CCN(C(=O)c2c3ccc(Br)cc3nn2C)CC1. The van der Waals surface area contributed by atoms with E-state index < -0.39 is 26.7 Å². The summed E-state index contributed by atoms with van der Waals surface area (Å²) in [6.07, 6.45) is 0.652. The summed E-state index contributed by atoms with van der Waals surface area (Å²) in [6.45, 7) is 0.666. The lowest BCUT2D eigenvalue weighted by atomic mass is 10.1. The topological polar surface area (TPSA) is 101 Å². The van der Waals surface area contributed by atoms with Crippen LogP contribution in [-0.4, -0.2) is 66.1 Å². The fourth-order valence-corrected chi connectivity index (χ4v) is 5.39. The molecule has 1 fully saturated rings. The monoisotopic (exact) mass is 456 g/mol. The van der Waals surface area contributed by atoms with E-state index in [1.54, 1.807) is 16.6 Å². The van der Waals surface area contributed by atoms with E-state index in [-0.39, 0.29) is 5.91 Å². The van der Waals surface area contributed by atoms with Gasteiger partial charge in [0.2, 0.25) is 5.91 Å². The summed E-state index contributed by atoms with van der Waals surface area (Å²) in [5, 5.41) is 6.89. The highest BCUT2D eigenvalue weighted by molar-refractivity contribution is 9.10. The second-order valence-electron chi connectivity index (χ2n) is 6.61. The van der Waals surface area contributed by atoms with E-state index in [0.717, 1.165) is 15.4 Å². The van der Waals surface area contributed by atoms with Crippen LogP contribution in [0.1, 0.15) is 23.3 Å². The molecule has 0 unspecified atom stereocenters. The number of piperidine rings is 1. The molecule has 2 heterocycles. The molecule has 1 N–H and O–H groups in total. The molecule has 0 aliphatic carbocycles. The predicted molar refractivity (Wildman–Crippen MR) is 105 cm³/mol. The Balaban J connectivity index is 1.74. The number of aromatic nitrogens is 2. The van der Waals surface area contributed by atoms with Crippen molar-refractivity contribution in [2.45, 2.75) is 18.1 Å². The van der Waals surface area contributed by atoms with Gasteiger partial charge in [0.05, 0.1) is 10.8 Å². The molecule has 1 aromatic heterocycles. The number of hydrogen-bond acceptors (Lipinski definition) is 5. The quantitative estimate of drug-likeness (QED) is 0.741. The predicted octanol–water partition coefficient (Wildman–Crippen LogP) is 1.10. The van der Waals surface area contributed by atoms with Crippen LogP contribution in [0, 0.1) is 0 Å². The molecule has 0 saturated carbocycles. The molecule has 1 aliphatic heterocycles. The Morgan fingerprint density at radius 2 is 1.96 bits per heavy atom. The van der Waals surface area contributed by atoms with Crippen molar-refractivity contribution in [1.29, 1.82) is 0 Å². The Morgan fingerprint density at radius 3 is 2.59 bits per heavy atom. The van der Waals surface area contributed by atoms with Crippen LogP contribution in [-0.2, 0) is 21.7 Å². The summed E-state index contributed by atoms with van der Waals surface area (Å²) < 4.78 is 27.1. The fourth-order valence-electron chi connectivity index (χ4n) is 3.37. The Kier molecular flexibility index (Phi) is 5.57. The number of amides is 2. The van der Waals surface area contributed by atoms with Gasteiger partial charge in [0.25, 0.3) is 5.91 Å². The molecule has 10 heteroatoms. The van der Waals surface area contributed by atoms with Crippen molar-refractivity contribution in [3.05, 3.63) is 28.4 Å². The van der Waals surface area contributed by atoms with E-state index >= 15 is 0 Å². The molecule has 8 nitrogen and oxygen atoms in total. The van der Waals surface area contributed by atoms with Crippen LogP contribution in [0.3, 0.4) is 0 Å². The average molecular weight is 457 g/mol. The second-order valence-corrected chi connectivity index (χ2v) is 9.80. The van der Waals surface area contributed by atoms with Crippen molar-refractivity contribution < 1.29 is 18.0 Å². The fraction of sp³-hybridized carbons (Fsp3) is 0.471. The van der Waals surface area contributed by atoms with Crippen LogP contribution < -0.4 is 5.32 Å². The number of likely N-dealkylation sites (tertiary alicyclic amines) is 1. The van der Waals surface area contributed by atoms with E-state index in [2.05, 4.69) is 26.3 Å². The van der Waals surface area contributed by atoms with Gasteiger partial charge in [-0.2, -0.15) is 5.10 Å². The first-order chi connectivity index (χ1) is 12.7. The van der Waals surface area contributed by atoms with E-state index in [4.69, 9.17) is 0 Å². The Labute approximate surface area is 165 Å². The van der Waals surface area contributed by atoms with Gasteiger partial charge in [0, 0.05) is 37.0 Å². The van der Waals surface area contributed by atoms with Crippen LogP contribution in [0.5, 0.6) is 0 Å². The molecule has 0 radical (unpaired) electrons. The van der Waals surface area contributed by atoms with E-state index in [1.165, 1.54) is 7.05 Å². The number of fused-ring (bicyclic) bond motifs is 1. The summed E-state index contributed by atoms with van der Waals surface area (Å²) in [7, 11) is -0.381. The number of halogens is 1. The lowest BCUT2D eigenvalue weighted by Gasteiger charge is -2.31. The van der Waals surface area contributed by atoms with Crippen molar-refractivity contribution in [2.24, 2.45) is 7.05 Å². The summed E-state index contributed by atoms with van der Waals surface area (Å²) in [6, 6.07) is 5.56. The summed E-state index contributed by atoms with van der Waals surface area (Å²) in [5.74, 6) is -1.19. The number of hydrogen-bond donors (Lipinski definition) is 1. The minimum atomic E-state index is -3.52. The lowest BCUT2D eigenvalue weighted by molar-refractivity contribution is -0.118. The second kappa shape index (κ2) is 7.59. The normalized spacial score (nSPS) is 15.9. The maximum atomic E-state index is 13.0. The number of sulfone groups is 1. The molecule has 1 aromatic carbocycles. The van der Waals surface area contributed by atoms with Crippen LogP contribution in [0.25, 0.3) is 10.9 Å². The van der Waals surface area contributed by atoms with E-state index in [9.17, 15) is 18.0 Å². The third-order valence-electron chi connectivity index (χ3n) is 4.85. The Morgan fingerprint density at radius 1 is 1.30 bits per heavy atom. The van der Waals surface area contributed by atoms with Crippen LogP contribution >= 0.6 is 15.9 Å². The van der Waals surface area contributed by atoms with Crippen molar-refractivity contribution in [3.8, 4) is 0 Å². The largest absolute Gasteiger partial charge is 0.358 e. The first kappa shape index (κ1) is 19.8. The number of carbonyl (C=O) groups is 2. The number of aryl methyl sites for hydroxylation is 1.